The maximum absolute atomic E-state index is 9.31. The van der Waals surface area contributed by atoms with Crippen LogP contribution in [0.1, 0.15) is 19.4 Å². The number of rotatable bonds is 3. The lowest BCUT2D eigenvalue weighted by Crippen LogP contribution is -2.45. The van der Waals surface area contributed by atoms with Crippen molar-refractivity contribution in [2.45, 2.75) is 20.4 Å². The molecule has 0 aliphatic carbocycles. The molecule has 1 fully saturated rings. The van der Waals surface area contributed by atoms with E-state index in [1.54, 1.807) is 4.68 Å². The number of likely N-dealkylation sites (N-methyl/N-ethyl adjacent to an activating group) is 1. The molecule has 6 heteroatoms. The van der Waals surface area contributed by atoms with E-state index in [4.69, 9.17) is 5.73 Å². The third-order valence-electron chi connectivity index (χ3n) is 3.43. The molecular formula is C13H22N6. The molecule has 19 heavy (non-hydrogen) atoms. The summed E-state index contributed by atoms with van der Waals surface area (Å²) < 4.78 is 1.76. The number of aromatic nitrogens is 2. The number of hydrogen-bond donors (Lipinski definition) is 1. The molecule has 2 N–H and O–H groups in total. The van der Waals surface area contributed by atoms with Gasteiger partial charge in [0.1, 0.15) is 17.5 Å². The van der Waals surface area contributed by atoms with E-state index < -0.39 is 0 Å². The first kappa shape index (κ1) is 13.7. The molecule has 1 aliphatic heterocycles. The third-order valence-corrected chi connectivity index (χ3v) is 3.43. The van der Waals surface area contributed by atoms with Crippen LogP contribution in [-0.2, 0) is 6.54 Å². The Morgan fingerprint density at radius 3 is 2.47 bits per heavy atom. The van der Waals surface area contributed by atoms with Gasteiger partial charge >= 0.3 is 0 Å². The fraction of sp³-hybridized carbons (Fsp3) is 0.692. The summed E-state index contributed by atoms with van der Waals surface area (Å²) in [5.74, 6) is 1.69. The molecule has 104 valence electrons. The van der Waals surface area contributed by atoms with Crippen LogP contribution in [0.4, 0.5) is 11.6 Å². The molecule has 0 bridgehead atoms. The number of anilines is 2. The van der Waals surface area contributed by atoms with Crippen LogP contribution in [0, 0.1) is 17.2 Å². The Hall–Kier alpha value is -1.74. The number of hydrogen-bond acceptors (Lipinski definition) is 5. The lowest BCUT2D eigenvalue weighted by molar-refractivity contribution is 0.311. The predicted molar refractivity (Wildman–Crippen MR) is 75.9 cm³/mol. The summed E-state index contributed by atoms with van der Waals surface area (Å²) in [6.07, 6.45) is 0. The van der Waals surface area contributed by atoms with Gasteiger partial charge in [0.15, 0.2) is 5.82 Å². The van der Waals surface area contributed by atoms with E-state index in [1.165, 1.54) is 0 Å². The normalized spacial score (nSPS) is 16.9. The van der Waals surface area contributed by atoms with Crippen LogP contribution in [-0.4, -0.2) is 47.9 Å². The van der Waals surface area contributed by atoms with Crippen LogP contribution in [0.15, 0.2) is 0 Å². The van der Waals surface area contributed by atoms with Gasteiger partial charge in [-0.3, -0.25) is 0 Å². The van der Waals surface area contributed by atoms with Gasteiger partial charge in [0.25, 0.3) is 0 Å². The third kappa shape index (κ3) is 2.82. The van der Waals surface area contributed by atoms with Gasteiger partial charge in [-0.15, -0.1) is 0 Å². The Morgan fingerprint density at radius 2 is 1.95 bits per heavy atom. The van der Waals surface area contributed by atoms with E-state index in [0.717, 1.165) is 38.5 Å². The van der Waals surface area contributed by atoms with Crippen LogP contribution in [0.2, 0.25) is 0 Å². The Bertz CT molecular complexity index is 476. The summed E-state index contributed by atoms with van der Waals surface area (Å²) in [6, 6.07) is 2.20. The van der Waals surface area contributed by atoms with Crippen molar-refractivity contribution in [2.75, 3.05) is 43.9 Å². The Kier molecular flexibility index (Phi) is 3.96. The van der Waals surface area contributed by atoms with Gasteiger partial charge in [-0.25, -0.2) is 4.68 Å². The average Bonchev–Trinajstić information content (AvgIpc) is 2.66. The average molecular weight is 262 g/mol. The largest absolute Gasteiger partial charge is 0.383 e. The second-order valence-electron chi connectivity index (χ2n) is 5.56. The lowest BCUT2D eigenvalue weighted by atomic mass is 10.2. The quantitative estimate of drug-likeness (QED) is 0.870. The number of piperazine rings is 1. The summed E-state index contributed by atoms with van der Waals surface area (Å²) in [5.41, 5.74) is 6.56. The molecule has 0 amide bonds. The van der Waals surface area contributed by atoms with Gasteiger partial charge in [0, 0.05) is 32.7 Å². The summed E-state index contributed by atoms with van der Waals surface area (Å²) in [5, 5.41) is 13.9. The zero-order chi connectivity index (χ0) is 14.0. The molecule has 6 nitrogen and oxygen atoms in total. The Balaban J connectivity index is 2.27. The first-order chi connectivity index (χ1) is 9.02. The number of nitrogens with two attached hydrogens (primary N) is 1. The molecule has 0 aromatic carbocycles. The van der Waals surface area contributed by atoms with E-state index in [9.17, 15) is 5.26 Å². The zero-order valence-corrected chi connectivity index (χ0v) is 11.9. The maximum atomic E-state index is 9.31. The summed E-state index contributed by atoms with van der Waals surface area (Å²) in [7, 11) is 2.11. The highest BCUT2D eigenvalue weighted by Gasteiger charge is 2.23. The van der Waals surface area contributed by atoms with E-state index in [1.807, 2.05) is 0 Å². The molecule has 0 atom stereocenters. The summed E-state index contributed by atoms with van der Waals surface area (Å²) in [6.45, 7) is 8.73. The van der Waals surface area contributed by atoms with Crippen LogP contribution in [0.3, 0.4) is 0 Å². The second kappa shape index (κ2) is 5.49. The van der Waals surface area contributed by atoms with Crippen molar-refractivity contribution in [3.63, 3.8) is 0 Å². The van der Waals surface area contributed by atoms with E-state index in [-0.39, 0.29) is 0 Å². The van der Waals surface area contributed by atoms with Gasteiger partial charge < -0.3 is 15.5 Å². The van der Waals surface area contributed by atoms with Crippen molar-refractivity contribution in [3.05, 3.63) is 5.56 Å². The fourth-order valence-corrected chi connectivity index (χ4v) is 2.29. The Labute approximate surface area is 114 Å². The molecule has 0 spiro atoms. The predicted octanol–water partition coefficient (Wildman–Crippen LogP) is 0.745. The van der Waals surface area contributed by atoms with Crippen LogP contribution >= 0.6 is 0 Å². The highest BCUT2D eigenvalue weighted by molar-refractivity contribution is 5.65. The van der Waals surface area contributed by atoms with Gasteiger partial charge in [0.05, 0.1) is 0 Å². The summed E-state index contributed by atoms with van der Waals surface area (Å²) in [4.78, 5) is 4.43. The molecule has 2 rings (SSSR count). The smallest absolute Gasteiger partial charge is 0.171 e. The first-order valence-corrected chi connectivity index (χ1v) is 6.72. The molecule has 0 unspecified atom stereocenters. The monoisotopic (exact) mass is 262 g/mol. The van der Waals surface area contributed by atoms with Crippen molar-refractivity contribution in [3.8, 4) is 6.07 Å². The van der Waals surface area contributed by atoms with Crippen molar-refractivity contribution >= 4 is 11.6 Å². The highest BCUT2D eigenvalue weighted by atomic mass is 15.4. The van der Waals surface area contributed by atoms with Gasteiger partial charge in [-0.05, 0) is 13.0 Å². The van der Waals surface area contributed by atoms with Gasteiger partial charge in [-0.1, -0.05) is 13.8 Å². The van der Waals surface area contributed by atoms with Crippen molar-refractivity contribution < 1.29 is 0 Å². The summed E-state index contributed by atoms with van der Waals surface area (Å²) >= 11 is 0. The van der Waals surface area contributed by atoms with Crippen molar-refractivity contribution in [2.24, 2.45) is 5.92 Å². The molecule has 2 heterocycles. The van der Waals surface area contributed by atoms with Crippen molar-refractivity contribution in [1.29, 1.82) is 5.26 Å². The standard InChI is InChI=1S/C13H22N6/c1-10(2)9-19-12(15)11(8-14)13(16-19)18-6-4-17(3)5-7-18/h10H,4-7,9,15H2,1-3H3. The lowest BCUT2D eigenvalue weighted by Gasteiger charge is -2.32. The van der Waals surface area contributed by atoms with Crippen LogP contribution in [0.5, 0.6) is 0 Å². The van der Waals surface area contributed by atoms with Crippen LogP contribution < -0.4 is 10.6 Å². The van der Waals surface area contributed by atoms with Gasteiger partial charge in [-0.2, -0.15) is 10.4 Å². The molecule has 0 radical (unpaired) electrons. The Morgan fingerprint density at radius 1 is 1.32 bits per heavy atom. The number of nitriles is 1. The first-order valence-electron chi connectivity index (χ1n) is 6.72. The second-order valence-corrected chi connectivity index (χ2v) is 5.56. The van der Waals surface area contributed by atoms with Gasteiger partial charge in [0.2, 0.25) is 0 Å². The molecule has 1 aromatic rings. The number of nitrogen functional groups attached to an aromatic ring is 1. The van der Waals surface area contributed by atoms with Crippen molar-refractivity contribution in [1.82, 2.24) is 14.7 Å². The van der Waals surface area contributed by atoms with Crippen LogP contribution in [0.25, 0.3) is 0 Å². The molecule has 1 aromatic heterocycles. The minimum atomic E-state index is 0.453. The maximum Gasteiger partial charge on any atom is 0.171 e. The zero-order valence-electron chi connectivity index (χ0n) is 11.9. The minimum absolute atomic E-state index is 0.453. The molecule has 0 saturated carbocycles. The van der Waals surface area contributed by atoms with E-state index >= 15 is 0 Å². The molecule has 1 aliphatic rings. The molecular weight excluding hydrogens is 240 g/mol. The SMILES string of the molecule is CC(C)Cn1nc(N2CCN(C)CC2)c(C#N)c1N. The topological polar surface area (TPSA) is 74.1 Å². The number of nitrogens with zero attached hydrogens (tertiary/aromatic N) is 5. The highest BCUT2D eigenvalue weighted by Crippen LogP contribution is 2.25. The van der Waals surface area contributed by atoms with E-state index in [0.29, 0.717) is 17.3 Å². The van der Waals surface area contributed by atoms with E-state index in [2.05, 4.69) is 41.9 Å². The molecule has 1 saturated heterocycles. The fourth-order valence-electron chi connectivity index (χ4n) is 2.29. The minimum Gasteiger partial charge on any atom is -0.383 e.